The van der Waals surface area contributed by atoms with E-state index in [1.807, 2.05) is 0 Å². The number of sulfone groups is 1. The third-order valence-corrected chi connectivity index (χ3v) is 5.25. The van der Waals surface area contributed by atoms with Gasteiger partial charge in [0, 0.05) is 0 Å². The molecule has 0 saturated carbocycles. The van der Waals surface area contributed by atoms with Crippen LogP contribution in [0.25, 0.3) is 11.0 Å². The van der Waals surface area contributed by atoms with E-state index < -0.39 is 20.6 Å². The first kappa shape index (κ1) is 16.7. The molecule has 0 amide bonds. The second kappa shape index (κ2) is 6.74. The first-order valence-corrected chi connectivity index (χ1v) is 8.78. The van der Waals surface area contributed by atoms with E-state index >= 15 is 0 Å². The fourth-order valence-corrected chi connectivity index (χ4v) is 3.70. The summed E-state index contributed by atoms with van der Waals surface area (Å²) in [4.78, 5) is 10.1. The number of benzene rings is 2. The Morgan fingerprint density at radius 1 is 0.920 bits per heavy atom. The molecule has 0 aliphatic rings. The predicted molar refractivity (Wildman–Crippen MR) is 93.3 cm³/mol. The molecule has 0 aliphatic carbocycles. The van der Waals surface area contributed by atoms with E-state index in [4.69, 9.17) is 4.42 Å². The van der Waals surface area contributed by atoms with E-state index in [1.165, 1.54) is 24.3 Å². The molecule has 25 heavy (non-hydrogen) atoms. The molecule has 7 heteroatoms. The van der Waals surface area contributed by atoms with Gasteiger partial charge in [-0.25, -0.2) is 8.42 Å². The van der Waals surface area contributed by atoms with E-state index in [1.54, 1.807) is 48.5 Å². The average molecular weight is 355 g/mol. The summed E-state index contributed by atoms with van der Waals surface area (Å²) in [6, 6.07) is 19.1. The van der Waals surface area contributed by atoms with Crippen LogP contribution in [-0.2, 0) is 9.84 Å². The van der Waals surface area contributed by atoms with Crippen LogP contribution in [0, 0.1) is 10.1 Å². The smallest absolute Gasteiger partial charge is 0.400 e. The van der Waals surface area contributed by atoms with Gasteiger partial charge in [-0.3, -0.25) is 10.1 Å². The molecule has 0 saturated heterocycles. The molecule has 0 bridgehead atoms. The highest BCUT2D eigenvalue weighted by molar-refractivity contribution is 8.00. The summed E-state index contributed by atoms with van der Waals surface area (Å²) < 4.78 is 31.2. The summed E-state index contributed by atoms with van der Waals surface area (Å²) in [6.07, 6.45) is 1.44. The maximum absolute atomic E-state index is 13.0. The molecule has 0 unspecified atom stereocenters. The fraction of sp³-hybridized carbons (Fsp3) is 0. The highest BCUT2D eigenvalue weighted by Gasteiger charge is 2.26. The lowest BCUT2D eigenvalue weighted by Crippen LogP contribution is -2.03. The van der Waals surface area contributed by atoms with Gasteiger partial charge in [-0.15, -0.1) is 0 Å². The Bertz CT molecular complexity index is 1020. The van der Waals surface area contributed by atoms with Crippen molar-refractivity contribution < 1.29 is 17.8 Å². The maximum atomic E-state index is 13.0. The monoisotopic (exact) mass is 355 g/mol. The van der Waals surface area contributed by atoms with Crippen molar-refractivity contribution in [3.05, 3.63) is 94.2 Å². The summed E-state index contributed by atoms with van der Waals surface area (Å²) in [7, 11) is -3.92. The van der Waals surface area contributed by atoms with Crippen molar-refractivity contribution in [3.8, 4) is 0 Å². The second-order valence-electron chi connectivity index (χ2n) is 5.13. The molecule has 1 aromatic heterocycles. The van der Waals surface area contributed by atoms with Crippen molar-refractivity contribution in [3.63, 3.8) is 0 Å². The van der Waals surface area contributed by atoms with Gasteiger partial charge in [-0.1, -0.05) is 48.5 Å². The van der Waals surface area contributed by atoms with Crippen LogP contribution in [0.15, 0.2) is 82.1 Å². The number of nitrogens with zero attached hydrogens (tertiary/aromatic N) is 1. The largest absolute Gasteiger partial charge is 0.433 e. The topological polar surface area (TPSA) is 90.4 Å². The van der Waals surface area contributed by atoms with E-state index in [2.05, 4.69) is 0 Å². The number of hydrogen-bond acceptors (Lipinski definition) is 5. The Labute approximate surface area is 144 Å². The molecule has 1 heterocycles. The SMILES string of the molecule is O=[N+]([O-])c1ccc(C(=Cc2ccccc2)S(=O)(=O)c2ccccc2)o1. The summed E-state index contributed by atoms with van der Waals surface area (Å²) >= 11 is 0. The van der Waals surface area contributed by atoms with Crippen LogP contribution in [0.3, 0.4) is 0 Å². The molecule has 0 atom stereocenters. The predicted octanol–water partition coefficient (Wildman–Crippen LogP) is 4.16. The number of furan rings is 1. The van der Waals surface area contributed by atoms with E-state index in [0.29, 0.717) is 5.56 Å². The molecule has 126 valence electrons. The number of hydrogen-bond donors (Lipinski definition) is 0. The first-order chi connectivity index (χ1) is 12.0. The summed E-state index contributed by atoms with van der Waals surface area (Å²) in [6.45, 7) is 0. The lowest BCUT2D eigenvalue weighted by atomic mass is 10.2. The normalized spacial score (nSPS) is 12.1. The van der Waals surface area contributed by atoms with Gasteiger partial charge in [0.2, 0.25) is 9.84 Å². The van der Waals surface area contributed by atoms with Gasteiger partial charge < -0.3 is 4.42 Å². The third kappa shape index (κ3) is 3.51. The fourth-order valence-electron chi connectivity index (χ4n) is 2.27. The molecule has 6 nitrogen and oxygen atoms in total. The molecule has 3 aromatic rings. The Morgan fingerprint density at radius 3 is 2.08 bits per heavy atom. The molecule has 3 rings (SSSR count). The van der Waals surface area contributed by atoms with Gasteiger partial charge in [0.25, 0.3) is 0 Å². The van der Waals surface area contributed by atoms with E-state index in [0.717, 1.165) is 6.07 Å². The van der Waals surface area contributed by atoms with Crippen molar-refractivity contribution in [2.24, 2.45) is 0 Å². The number of nitro groups is 1. The van der Waals surface area contributed by atoms with Crippen molar-refractivity contribution in [2.75, 3.05) is 0 Å². The van der Waals surface area contributed by atoms with Crippen LogP contribution < -0.4 is 0 Å². The minimum absolute atomic E-state index is 0.0798. The zero-order valence-electron chi connectivity index (χ0n) is 12.9. The molecule has 2 aromatic carbocycles. The van der Waals surface area contributed by atoms with Crippen molar-refractivity contribution in [2.45, 2.75) is 4.90 Å². The number of rotatable bonds is 5. The zero-order chi connectivity index (χ0) is 17.9. The summed E-state index contributed by atoms with van der Waals surface area (Å²) in [5.41, 5.74) is 0.635. The van der Waals surface area contributed by atoms with Gasteiger partial charge in [0.1, 0.15) is 9.83 Å². The van der Waals surface area contributed by atoms with Gasteiger partial charge in [0.15, 0.2) is 5.76 Å². The van der Waals surface area contributed by atoms with Crippen LogP contribution in [0.5, 0.6) is 0 Å². The Morgan fingerprint density at radius 2 is 1.52 bits per heavy atom. The molecule has 0 spiro atoms. The van der Waals surface area contributed by atoms with Crippen molar-refractivity contribution >= 4 is 26.7 Å². The highest BCUT2D eigenvalue weighted by atomic mass is 32.2. The molecule has 0 N–H and O–H groups in total. The third-order valence-electron chi connectivity index (χ3n) is 3.45. The zero-order valence-corrected chi connectivity index (χ0v) is 13.7. The molecule has 0 radical (unpaired) electrons. The lowest BCUT2D eigenvalue weighted by Gasteiger charge is -2.07. The van der Waals surface area contributed by atoms with Crippen LogP contribution in [-0.4, -0.2) is 13.3 Å². The highest BCUT2D eigenvalue weighted by Crippen LogP contribution is 2.32. The maximum Gasteiger partial charge on any atom is 0.433 e. The van der Waals surface area contributed by atoms with Crippen molar-refractivity contribution in [1.29, 1.82) is 0 Å². The Kier molecular flexibility index (Phi) is 4.49. The Hall–Kier alpha value is -3.19. The summed E-state index contributed by atoms with van der Waals surface area (Å²) in [5.74, 6) is -0.600. The summed E-state index contributed by atoms with van der Waals surface area (Å²) in [5, 5.41) is 10.9. The minimum atomic E-state index is -3.92. The van der Waals surface area contributed by atoms with Gasteiger partial charge >= 0.3 is 5.88 Å². The Balaban J connectivity index is 2.19. The van der Waals surface area contributed by atoms with Crippen LogP contribution in [0.4, 0.5) is 5.88 Å². The first-order valence-electron chi connectivity index (χ1n) is 7.30. The molecular weight excluding hydrogens is 342 g/mol. The molecular formula is C18H13NO5S. The lowest BCUT2D eigenvalue weighted by molar-refractivity contribution is -0.402. The van der Waals surface area contributed by atoms with Crippen LogP contribution >= 0.6 is 0 Å². The standard InChI is InChI=1S/C18H13NO5S/c20-19(21)18-12-11-16(24-18)17(13-14-7-3-1-4-8-14)25(22,23)15-9-5-2-6-10-15/h1-13H. The van der Waals surface area contributed by atoms with E-state index in [9.17, 15) is 18.5 Å². The average Bonchev–Trinajstić information content (AvgIpc) is 3.11. The minimum Gasteiger partial charge on any atom is -0.400 e. The van der Waals surface area contributed by atoms with E-state index in [-0.39, 0.29) is 15.6 Å². The van der Waals surface area contributed by atoms with Crippen LogP contribution in [0.1, 0.15) is 11.3 Å². The second-order valence-corrected chi connectivity index (χ2v) is 7.05. The van der Waals surface area contributed by atoms with Gasteiger partial charge in [-0.2, -0.15) is 0 Å². The van der Waals surface area contributed by atoms with Gasteiger partial charge in [0.05, 0.1) is 11.0 Å². The van der Waals surface area contributed by atoms with Crippen molar-refractivity contribution in [1.82, 2.24) is 0 Å². The van der Waals surface area contributed by atoms with Gasteiger partial charge in [-0.05, 0) is 29.8 Å². The molecule has 0 fully saturated rings. The van der Waals surface area contributed by atoms with Crippen LogP contribution in [0.2, 0.25) is 0 Å². The molecule has 0 aliphatic heterocycles. The quantitative estimate of drug-likeness (QED) is 0.506.